The molecule has 0 aliphatic carbocycles. The third-order valence-electron chi connectivity index (χ3n) is 2.69. The highest BCUT2D eigenvalue weighted by Crippen LogP contribution is 2.13. The van der Waals surface area contributed by atoms with Gasteiger partial charge in [-0.3, -0.25) is 0 Å². The summed E-state index contributed by atoms with van der Waals surface area (Å²) in [6.07, 6.45) is 0.291. The van der Waals surface area contributed by atoms with Crippen LogP contribution in [0.15, 0.2) is 24.3 Å². The Bertz CT molecular complexity index is 343. The number of hydrogen-bond acceptors (Lipinski definition) is 4. The van der Waals surface area contributed by atoms with Crippen LogP contribution >= 0.6 is 0 Å². The second kappa shape index (κ2) is 5.30. The van der Waals surface area contributed by atoms with E-state index in [0.29, 0.717) is 12.6 Å². The van der Waals surface area contributed by atoms with Gasteiger partial charge in [-0.25, -0.2) is 5.01 Å². The first-order valence-corrected chi connectivity index (χ1v) is 5.70. The fraction of sp³-hybridized carbons (Fsp3) is 0.500. The quantitative estimate of drug-likeness (QED) is 0.805. The minimum atomic E-state index is 0.291. The Morgan fingerprint density at radius 1 is 1.56 bits per heavy atom. The van der Waals surface area contributed by atoms with E-state index >= 15 is 0 Å². The summed E-state index contributed by atoms with van der Waals surface area (Å²) in [6.45, 7) is 5.27. The van der Waals surface area contributed by atoms with Gasteiger partial charge < -0.3 is 15.9 Å². The fourth-order valence-corrected chi connectivity index (χ4v) is 1.87. The van der Waals surface area contributed by atoms with Crippen LogP contribution in [0.5, 0.6) is 0 Å². The zero-order valence-corrected chi connectivity index (χ0v) is 9.65. The molecule has 1 fully saturated rings. The van der Waals surface area contributed by atoms with E-state index in [9.17, 15) is 0 Å². The summed E-state index contributed by atoms with van der Waals surface area (Å²) in [4.78, 5) is 0. The second-order valence-corrected chi connectivity index (χ2v) is 4.14. The summed E-state index contributed by atoms with van der Waals surface area (Å²) in [5, 5.41) is 2.18. The largest absolute Gasteiger partial charge is 0.376 e. The lowest BCUT2D eigenvalue weighted by Gasteiger charge is -2.32. The minimum Gasteiger partial charge on any atom is -0.376 e. The molecule has 1 aromatic rings. The predicted octanol–water partition coefficient (Wildman–Crippen LogP) is 1.19. The maximum atomic E-state index is 5.61. The zero-order chi connectivity index (χ0) is 11.4. The monoisotopic (exact) mass is 221 g/mol. The Labute approximate surface area is 96.3 Å². The van der Waals surface area contributed by atoms with Crippen LogP contribution in [-0.2, 0) is 11.3 Å². The lowest BCUT2D eigenvalue weighted by atomic mass is 10.2. The molecule has 0 aromatic heterocycles. The van der Waals surface area contributed by atoms with E-state index in [1.807, 2.05) is 12.1 Å². The van der Waals surface area contributed by atoms with Crippen molar-refractivity contribution in [1.29, 1.82) is 0 Å². The summed E-state index contributed by atoms with van der Waals surface area (Å²) in [5.41, 5.74) is 11.2. The van der Waals surface area contributed by atoms with Crippen molar-refractivity contribution in [2.24, 2.45) is 5.73 Å². The van der Waals surface area contributed by atoms with E-state index in [2.05, 4.69) is 29.5 Å². The minimum absolute atomic E-state index is 0.291. The van der Waals surface area contributed by atoms with Gasteiger partial charge in [-0.15, -0.1) is 0 Å². The molecule has 4 heteroatoms. The SMILES string of the molecule is CC1CN(Nc2cccc(CN)c2)CCO1. The Kier molecular flexibility index (Phi) is 3.77. The Morgan fingerprint density at radius 2 is 2.44 bits per heavy atom. The van der Waals surface area contributed by atoms with Crippen LogP contribution in [0, 0.1) is 0 Å². The maximum Gasteiger partial charge on any atom is 0.0693 e. The number of hydrazine groups is 1. The van der Waals surface area contributed by atoms with Gasteiger partial charge in [-0.1, -0.05) is 12.1 Å². The summed E-state index contributed by atoms with van der Waals surface area (Å²) in [6, 6.07) is 8.20. The van der Waals surface area contributed by atoms with Crippen molar-refractivity contribution < 1.29 is 4.74 Å². The molecular weight excluding hydrogens is 202 g/mol. The van der Waals surface area contributed by atoms with Gasteiger partial charge in [0.05, 0.1) is 12.7 Å². The lowest BCUT2D eigenvalue weighted by molar-refractivity contribution is -0.00904. The van der Waals surface area contributed by atoms with Crippen LogP contribution in [0.1, 0.15) is 12.5 Å². The van der Waals surface area contributed by atoms with E-state index < -0.39 is 0 Å². The predicted molar refractivity (Wildman–Crippen MR) is 64.9 cm³/mol. The molecule has 1 atom stereocenters. The smallest absolute Gasteiger partial charge is 0.0693 e. The molecule has 2 rings (SSSR count). The van der Waals surface area contributed by atoms with Gasteiger partial charge in [0.15, 0.2) is 0 Å². The van der Waals surface area contributed by atoms with Gasteiger partial charge in [0.1, 0.15) is 0 Å². The van der Waals surface area contributed by atoms with Gasteiger partial charge in [0.25, 0.3) is 0 Å². The Balaban J connectivity index is 1.97. The molecule has 0 spiro atoms. The summed E-state index contributed by atoms with van der Waals surface area (Å²) >= 11 is 0. The zero-order valence-electron chi connectivity index (χ0n) is 9.65. The van der Waals surface area contributed by atoms with Crippen LogP contribution < -0.4 is 11.2 Å². The topological polar surface area (TPSA) is 50.5 Å². The van der Waals surface area contributed by atoms with Crippen molar-refractivity contribution in [1.82, 2.24) is 5.01 Å². The lowest BCUT2D eigenvalue weighted by Crippen LogP contribution is -2.44. The number of anilines is 1. The maximum absolute atomic E-state index is 5.61. The van der Waals surface area contributed by atoms with E-state index in [-0.39, 0.29) is 0 Å². The molecule has 0 bridgehead atoms. The molecule has 0 amide bonds. The molecule has 0 radical (unpaired) electrons. The standard InChI is InChI=1S/C12H19N3O/c1-10-9-15(5-6-16-10)14-12-4-2-3-11(7-12)8-13/h2-4,7,10,14H,5-6,8-9,13H2,1H3. The van der Waals surface area contributed by atoms with Crippen LogP contribution in [-0.4, -0.2) is 30.8 Å². The van der Waals surface area contributed by atoms with Gasteiger partial charge >= 0.3 is 0 Å². The van der Waals surface area contributed by atoms with Gasteiger partial charge in [-0.2, -0.15) is 0 Å². The molecule has 1 aromatic carbocycles. The first kappa shape index (κ1) is 11.4. The van der Waals surface area contributed by atoms with E-state index in [1.54, 1.807) is 0 Å². The van der Waals surface area contributed by atoms with Crippen molar-refractivity contribution in [3.8, 4) is 0 Å². The molecule has 1 aliphatic heterocycles. The van der Waals surface area contributed by atoms with Crippen LogP contribution in [0.4, 0.5) is 5.69 Å². The number of nitrogens with one attached hydrogen (secondary N) is 1. The third kappa shape index (κ3) is 2.95. The van der Waals surface area contributed by atoms with E-state index in [1.165, 1.54) is 0 Å². The number of hydrogen-bond donors (Lipinski definition) is 2. The van der Waals surface area contributed by atoms with Crippen molar-refractivity contribution in [2.45, 2.75) is 19.6 Å². The molecular formula is C12H19N3O. The van der Waals surface area contributed by atoms with Crippen LogP contribution in [0.2, 0.25) is 0 Å². The molecule has 1 unspecified atom stereocenters. The first-order chi connectivity index (χ1) is 7.78. The third-order valence-corrected chi connectivity index (χ3v) is 2.69. The molecule has 4 nitrogen and oxygen atoms in total. The number of rotatable bonds is 3. The van der Waals surface area contributed by atoms with E-state index in [4.69, 9.17) is 10.5 Å². The molecule has 16 heavy (non-hydrogen) atoms. The Hall–Kier alpha value is -1.10. The molecule has 88 valence electrons. The Morgan fingerprint density at radius 3 is 3.19 bits per heavy atom. The molecule has 3 N–H and O–H groups in total. The van der Waals surface area contributed by atoms with Crippen LogP contribution in [0.25, 0.3) is 0 Å². The van der Waals surface area contributed by atoms with Crippen molar-refractivity contribution >= 4 is 5.69 Å². The summed E-state index contributed by atoms with van der Waals surface area (Å²) in [5.74, 6) is 0. The van der Waals surface area contributed by atoms with Crippen LogP contribution in [0.3, 0.4) is 0 Å². The summed E-state index contributed by atoms with van der Waals surface area (Å²) in [7, 11) is 0. The molecule has 1 heterocycles. The second-order valence-electron chi connectivity index (χ2n) is 4.14. The first-order valence-electron chi connectivity index (χ1n) is 5.70. The van der Waals surface area contributed by atoms with Crippen molar-refractivity contribution in [3.63, 3.8) is 0 Å². The number of nitrogens with zero attached hydrogens (tertiary/aromatic N) is 1. The number of morpholine rings is 1. The summed E-state index contributed by atoms with van der Waals surface area (Å²) < 4.78 is 5.49. The van der Waals surface area contributed by atoms with Gasteiger partial charge in [0.2, 0.25) is 0 Å². The number of nitrogens with two attached hydrogens (primary N) is 1. The van der Waals surface area contributed by atoms with E-state index in [0.717, 1.165) is 30.9 Å². The molecule has 0 saturated carbocycles. The van der Waals surface area contributed by atoms with Gasteiger partial charge in [0, 0.05) is 25.3 Å². The highest BCUT2D eigenvalue weighted by molar-refractivity contribution is 5.44. The number of benzene rings is 1. The van der Waals surface area contributed by atoms with Crippen molar-refractivity contribution in [2.75, 3.05) is 25.1 Å². The highest BCUT2D eigenvalue weighted by Gasteiger charge is 2.16. The normalized spacial score (nSPS) is 22.0. The van der Waals surface area contributed by atoms with Gasteiger partial charge in [-0.05, 0) is 24.6 Å². The average molecular weight is 221 g/mol. The fourth-order valence-electron chi connectivity index (χ4n) is 1.87. The highest BCUT2D eigenvalue weighted by atomic mass is 16.5. The molecule has 1 aliphatic rings. The average Bonchev–Trinajstić information content (AvgIpc) is 2.29. The molecule has 1 saturated heterocycles. The van der Waals surface area contributed by atoms with Crippen molar-refractivity contribution in [3.05, 3.63) is 29.8 Å². The number of ether oxygens (including phenoxy) is 1.